The van der Waals surface area contributed by atoms with Gasteiger partial charge in [0.15, 0.2) is 0 Å². The molecule has 0 unspecified atom stereocenters. The Bertz CT molecular complexity index is 774. The van der Waals surface area contributed by atoms with Crippen LogP contribution in [-0.4, -0.2) is 40.0 Å². The van der Waals surface area contributed by atoms with Gasteiger partial charge in [0.2, 0.25) is 5.91 Å². The molecule has 1 spiro atoms. The van der Waals surface area contributed by atoms with Gasteiger partial charge < -0.3 is 9.47 Å². The number of rotatable bonds is 3. The van der Waals surface area contributed by atoms with Gasteiger partial charge in [-0.15, -0.1) is 0 Å². The lowest BCUT2D eigenvalue weighted by atomic mass is 9.86. The van der Waals surface area contributed by atoms with Crippen molar-refractivity contribution in [1.29, 1.82) is 0 Å². The fourth-order valence-corrected chi connectivity index (χ4v) is 3.96. The van der Waals surface area contributed by atoms with E-state index in [2.05, 4.69) is 9.88 Å². The highest BCUT2D eigenvalue weighted by Gasteiger charge is 2.47. The number of benzene rings is 1. The lowest BCUT2D eigenvalue weighted by Crippen LogP contribution is -2.31. The summed E-state index contributed by atoms with van der Waals surface area (Å²) in [5, 5.41) is 0. The van der Waals surface area contributed by atoms with Crippen LogP contribution in [0.1, 0.15) is 18.7 Å². The Kier molecular flexibility index (Phi) is 3.64. The van der Waals surface area contributed by atoms with Crippen molar-refractivity contribution >= 4 is 11.6 Å². The highest BCUT2D eigenvalue weighted by molar-refractivity contribution is 5.96. The first-order valence-electron chi connectivity index (χ1n) is 8.29. The van der Waals surface area contributed by atoms with Crippen LogP contribution in [0, 0.1) is 11.2 Å². The molecular formula is C18H21FN4O. The number of amides is 1. The fourth-order valence-electron chi connectivity index (χ4n) is 3.96. The number of nitrogens with zero attached hydrogens (tertiary/aromatic N) is 4. The van der Waals surface area contributed by atoms with Crippen LogP contribution in [0.2, 0.25) is 0 Å². The molecule has 4 rings (SSSR count). The highest BCUT2D eigenvalue weighted by Crippen LogP contribution is 2.42. The molecule has 0 radical (unpaired) electrons. The van der Waals surface area contributed by atoms with E-state index in [0.29, 0.717) is 18.7 Å². The van der Waals surface area contributed by atoms with Gasteiger partial charge in [0, 0.05) is 50.1 Å². The lowest BCUT2D eigenvalue weighted by Gasteiger charge is -2.24. The maximum Gasteiger partial charge on any atom is 0.227 e. The Morgan fingerprint density at radius 3 is 2.96 bits per heavy atom. The van der Waals surface area contributed by atoms with Gasteiger partial charge >= 0.3 is 0 Å². The van der Waals surface area contributed by atoms with Crippen molar-refractivity contribution in [3.8, 4) is 0 Å². The zero-order valence-electron chi connectivity index (χ0n) is 13.8. The largest absolute Gasteiger partial charge is 0.337 e. The van der Waals surface area contributed by atoms with Crippen molar-refractivity contribution in [2.75, 3.05) is 24.5 Å². The summed E-state index contributed by atoms with van der Waals surface area (Å²) in [5.74, 6) is 0.835. The zero-order valence-corrected chi connectivity index (χ0v) is 13.8. The number of aromatic nitrogens is 2. The van der Waals surface area contributed by atoms with Gasteiger partial charge in [-0.1, -0.05) is 6.07 Å². The first kappa shape index (κ1) is 15.3. The van der Waals surface area contributed by atoms with Gasteiger partial charge in [-0.25, -0.2) is 9.37 Å². The molecule has 2 saturated heterocycles. The van der Waals surface area contributed by atoms with Crippen LogP contribution < -0.4 is 4.90 Å². The van der Waals surface area contributed by atoms with Crippen LogP contribution in [0.25, 0.3) is 0 Å². The van der Waals surface area contributed by atoms with E-state index in [4.69, 9.17) is 0 Å². The number of anilines is 1. The van der Waals surface area contributed by atoms with Crippen molar-refractivity contribution in [2.45, 2.75) is 19.4 Å². The van der Waals surface area contributed by atoms with Gasteiger partial charge in [0.25, 0.3) is 0 Å². The molecule has 0 bridgehead atoms. The van der Waals surface area contributed by atoms with Crippen molar-refractivity contribution in [3.63, 3.8) is 0 Å². The van der Waals surface area contributed by atoms with Crippen molar-refractivity contribution in [3.05, 3.63) is 48.3 Å². The average molecular weight is 328 g/mol. The smallest absolute Gasteiger partial charge is 0.227 e. The van der Waals surface area contributed by atoms with Gasteiger partial charge in [-0.2, -0.15) is 0 Å². The number of imidazole rings is 1. The SMILES string of the molecule is Cn1ccnc1CN1CC[C@]2(CC(=O)N(c3cccc(F)c3)C2)C1. The minimum atomic E-state index is -0.302. The Balaban J connectivity index is 1.47. The van der Waals surface area contributed by atoms with Crippen LogP contribution in [0.5, 0.6) is 0 Å². The summed E-state index contributed by atoms with van der Waals surface area (Å²) in [6, 6.07) is 6.31. The predicted molar refractivity (Wildman–Crippen MR) is 88.9 cm³/mol. The third kappa shape index (κ3) is 2.71. The minimum Gasteiger partial charge on any atom is -0.337 e. The normalized spacial score (nSPS) is 24.4. The molecular weight excluding hydrogens is 307 g/mol. The van der Waals surface area contributed by atoms with E-state index in [1.807, 2.05) is 24.0 Å². The molecule has 2 aromatic rings. The minimum absolute atomic E-state index is 0.0193. The van der Waals surface area contributed by atoms with Crippen LogP contribution in [0.3, 0.4) is 0 Å². The molecule has 6 heteroatoms. The summed E-state index contributed by atoms with van der Waals surface area (Å²) in [5.41, 5.74) is 0.647. The van der Waals surface area contributed by atoms with E-state index >= 15 is 0 Å². The maximum atomic E-state index is 13.5. The molecule has 126 valence electrons. The van der Waals surface area contributed by atoms with Crippen LogP contribution in [0.15, 0.2) is 36.7 Å². The van der Waals surface area contributed by atoms with Gasteiger partial charge in [-0.3, -0.25) is 9.69 Å². The quantitative estimate of drug-likeness (QED) is 0.867. The predicted octanol–water partition coefficient (Wildman–Crippen LogP) is 2.19. The fraction of sp³-hybridized carbons (Fsp3) is 0.444. The molecule has 2 aliphatic heterocycles. The molecule has 0 saturated carbocycles. The van der Waals surface area contributed by atoms with E-state index < -0.39 is 0 Å². The standard InChI is InChI=1S/C18H21FN4O/c1-21-8-6-20-16(21)11-22-7-5-18(12-22)10-17(24)23(13-18)15-4-2-3-14(19)9-15/h2-4,6,8-9H,5,7,10-13H2,1H3/t18-/m0/s1. The number of aryl methyl sites for hydroxylation is 1. The van der Waals surface area contributed by atoms with Gasteiger partial charge in [0.1, 0.15) is 11.6 Å². The summed E-state index contributed by atoms with van der Waals surface area (Å²) in [6.45, 7) is 3.33. The van der Waals surface area contributed by atoms with Crippen molar-refractivity contribution in [2.24, 2.45) is 12.5 Å². The number of hydrogen-bond donors (Lipinski definition) is 0. The summed E-state index contributed by atoms with van der Waals surface area (Å²) < 4.78 is 15.5. The monoisotopic (exact) mass is 328 g/mol. The highest BCUT2D eigenvalue weighted by atomic mass is 19.1. The number of halogens is 1. The van der Waals surface area contributed by atoms with Gasteiger partial charge in [0.05, 0.1) is 6.54 Å². The number of carbonyl (C=O) groups is 1. The number of carbonyl (C=O) groups excluding carboxylic acids is 1. The van der Waals surface area contributed by atoms with E-state index in [9.17, 15) is 9.18 Å². The third-order valence-corrected chi connectivity index (χ3v) is 5.24. The Morgan fingerprint density at radius 1 is 1.33 bits per heavy atom. The van der Waals surface area contributed by atoms with Gasteiger partial charge in [-0.05, 0) is 31.2 Å². The molecule has 3 heterocycles. The van der Waals surface area contributed by atoms with E-state index in [0.717, 1.165) is 31.9 Å². The van der Waals surface area contributed by atoms with Crippen LogP contribution in [0.4, 0.5) is 10.1 Å². The van der Waals surface area contributed by atoms with E-state index in [-0.39, 0.29) is 17.1 Å². The summed E-state index contributed by atoms with van der Waals surface area (Å²) in [4.78, 5) is 21.0. The number of hydrogen-bond acceptors (Lipinski definition) is 3. The van der Waals surface area contributed by atoms with E-state index in [1.54, 1.807) is 17.0 Å². The summed E-state index contributed by atoms with van der Waals surface area (Å²) in [6.07, 6.45) is 5.30. The molecule has 2 fully saturated rings. The Hall–Kier alpha value is -2.21. The third-order valence-electron chi connectivity index (χ3n) is 5.24. The topological polar surface area (TPSA) is 41.4 Å². The molecule has 1 aromatic carbocycles. The first-order chi connectivity index (χ1) is 11.5. The van der Waals surface area contributed by atoms with Crippen molar-refractivity contribution in [1.82, 2.24) is 14.5 Å². The molecule has 1 aromatic heterocycles. The maximum absolute atomic E-state index is 13.5. The second-order valence-corrected chi connectivity index (χ2v) is 7.05. The lowest BCUT2D eigenvalue weighted by molar-refractivity contribution is -0.117. The summed E-state index contributed by atoms with van der Waals surface area (Å²) in [7, 11) is 2.00. The average Bonchev–Trinajstić information content (AvgIpc) is 3.21. The molecule has 2 aliphatic rings. The second kappa shape index (κ2) is 5.70. The molecule has 5 nitrogen and oxygen atoms in total. The Morgan fingerprint density at radius 2 is 2.21 bits per heavy atom. The van der Waals surface area contributed by atoms with E-state index in [1.165, 1.54) is 12.1 Å². The zero-order chi connectivity index (χ0) is 16.7. The summed E-state index contributed by atoms with van der Waals surface area (Å²) >= 11 is 0. The molecule has 1 atom stereocenters. The van der Waals surface area contributed by atoms with Crippen LogP contribution >= 0.6 is 0 Å². The molecule has 0 aliphatic carbocycles. The molecule has 1 amide bonds. The Labute approximate surface area is 140 Å². The molecule has 24 heavy (non-hydrogen) atoms. The molecule has 0 N–H and O–H groups in total. The second-order valence-electron chi connectivity index (χ2n) is 7.05. The van der Waals surface area contributed by atoms with Crippen molar-refractivity contribution < 1.29 is 9.18 Å². The van der Waals surface area contributed by atoms with Crippen LogP contribution in [-0.2, 0) is 18.4 Å². The first-order valence-corrected chi connectivity index (χ1v) is 8.29. The number of likely N-dealkylation sites (tertiary alicyclic amines) is 1.